The summed E-state index contributed by atoms with van der Waals surface area (Å²) in [6.45, 7) is 0.140. The van der Waals surface area contributed by atoms with Crippen molar-refractivity contribution in [2.24, 2.45) is 0 Å². The van der Waals surface area contributed by atoms with Gasteiger partial charge in [-0.05, 0) is 5.56 Å². The van der Waals surface area contributed by atoms with E-state index < -0.39 is 0 Å². The maximum Gasteiger partial charge on any atom is 0.0681 e. The molecule has 0 spiro atoms. The van der Waals surface area contributed by atoms with Crippen molar-refractivity contribution in [1.82, 2.24) is 0 Å². The second-order valence-corrected chi connectivity index (χ2v) is 1.64. The van der Waals surface area contributed by atoms with E-state index in [2.05, 4.69) is 0 Å². The average molecular weight is 174 g/mol. The fraction of sp³-hybridized carbons (Fsp3) is 0.143. The van der Waals surface area contributed by atoms with Gasteiger partial charge in [0.15, 0.2) is 0 Å². The molecule has 0 fully saturated rings. The third kappa shape index (κ3) is 2.73. The number of benzene rings is 1. The summed E-state index contributed by atoms with van der Waals surface area (Å²) >= 11 is 0. The van der Waals surface area contributed by atoms with Gasteiger partial charge in [0.05, 0.1) is 6.61 Å². The molecule has 1 aromatic rings. The first-order chi connectivity index (χ1) is 3.93. The van der Waals surface area contributed by atoms with Crippen molar-refractivity contribution in [1.29, 1.82) is 0 Å². The Morgan fingerprint density at radius 2 is 1.67 bits per heavy atom. The van der Waals surface area contributed by atoms with E-state index in [1.165, 1.54) is 0 Å². The zero-order valence-corrected chi connectivity index (χ0v) is 8.22. The molecule has 0 aliphatic carbocycles. The predicted molar refractivity (Wildman–Crippen MR) is 32.4 cm³/mol. The molecule has 1 aromatic carbocycles. The second-order valence-electron chi connectivity index (χ2n) is 1.64. The van der Waals surface area contributed by atoms with Crippen LogP contribution in [0.3, 0.4) is 0 Å². The van der Waals surface area contributed by atoms with Crippen molar-refractivity contribution in [3.8, 4) is 0 Å². The number of rotatable bonds is 1. The number of aliphatic hydroxyl groups is 1. The van der Waals surface area contributed by atoms with Crippen LogP contribution in [0.4, 0.5) is 0 Å². The Bertz CT molecular complexity index is 150. The molecule has 0 saturated heterocycles. The first-order valence-electron chi connectivity index (χ1n) is 2.58. The van der Waals surface area contributed by atoms with E-state index in [0.717, 1.165) is 5.56 Å². The van der Waals surface area contributed by atoms with E-state index in [0.29, 0.717) is 0 Å². The van der Waals surface area contributed by atoms with Crippen LogP contribution in [-0.4, -0.2) is 5.11 Å². The number of hydrogen-bond acceptors (Lipinski definition) is 1. The fourth-order valence-electron chi connectivity index (χ4n) is 0.583. The molecular weight excluding hydrogens is 165 g/mol. The van der Waals surface area contributed by atoms with Crippen LogP contribution in [0.15, 0.2) is 30.3 Å². The van der Waals surface area contributed by atoms with Crippen LogP contribution >= 0.6 is 0 Å². The molecule has 0 bridgehead atoms. The third-order valence-corrected chi connectivity index (χ3v) is 1.03. The molecule has 0 aliphatic rings. The van der Waals surface area contributed by atoms with E-state index >= 15 is 0 Å². The molecule has 1 nitrogen and oxygen atoms in total. The smallest absolute Gasteiger partial charge is 0.0681 e. The zero-order valence-electron chi connectivity index (χ0n) is 5.25. The normalized spacial score (nSPS) is 8.11. The Morgan fingerprint density at radius 1 is 1.11 bits per heavy atom. The van der Waals surface area contributed by atoms with Crippen LogP contribution in [0.2, 0.25) is 0 Å². The second kappa shape index (κ2) is 4.66. The van der Waals surface area contributed by atoms with Gasteiger partial charge in [-0.3, -0.25) is 0 Å². The molecule has 0 aromatic heterocycles. The molecule has 44 valence electrons. The number of aliphatic hydroxyl groups excluding tert-OH is 1. The summed E-state index contributed by atoms with van der Waals surface area (Å²) in [5.41, 5.74) is 0.965. The van der Waals surface area contributed by atoms with Crippen LogP contribution in [0.25, 0.3) is 0 Å². The molecule has 2 heteroatoms. The quantitative estimate of drug-likeness (QED) is 0.633. The van der Waals surface area contributed by atoms with Crippen molar-refractivity contribution in [3.63, 3.8) is 0 Å². The summed E-state index contributed by atoms with van der Waals surface area (Å²) < 4.78 is 0. The molecule has 0 aliphatic heterocycles. The van der Waals surface area contributed by atoms with Gasteiger partial charge in [-0.25, -0.2) is 0 Å². The summed E-state index contributed by atoms with van der Waals surface area (Å²) in [6.07, 6.45) is 0. The molecule has 0 heterocycles. The molecule has 0 saturated carbocycles. The first kappa shape index (κ1) is 8.80. The van der Waals surface area contributed by atoms with Gasteiger partial charge in [-0.15, -0.1) is 0 Å². The third-order valence-electron chi connectivity index (χ3n) is 1.03. The van der Waals surface area contributed by atoms with E-state index in [-0.39, 0.29) is 26.1 Å². The van der Waals surface area contributed by atoms with Crippen molar-refractivity contribution in [2.45, 2.75) is 6.61 Å². The first-order valence-corrected chi connectivity index (χ1v) is 2.58. The van der Waals surface area contributed by atoms with Gasteiger partial charge in [-0.2, -0.15) is 0 Å². The Hall–Kier alpha value is -0.197. The molecule has 0 atom stereocenters. The number of hydrogen-bond donors (Lipinski definition) is 1. The van der Waals surface area contributed by atoms with E-state index in [1.807, 2.05) is 30.3 Å². The Morgan fingerprint density at radius 3 is 2.00 bits per heavy atom. The Balaban J connectivity index is 0.000000640. The summed E-state index contributed by atoms with van der Waals surface area (Å²) in [4.78, 5) is 0. The zero-order chi connectivity index (χ0) is 5.82. The molecule has 1 N–H and O–H groups in total. The maximum absolute atomic E-state index is 8.54. The summed E-state index contributed by atoms with van der Waals surface area (Å²) in [5, 5.41) is 8.54. The summed E-state index contributed by atoms with van der Waals surface area (Å²) in [5.74, 6) is 0. The predicted octanol–water partition coefficient (Wildman–Crippen LogP) is 1.18. The topological polar surface area (TPSA) is 20.2 Å². The minimum atomic E-state index is 0. The van der Waals surface area contributed by atoms with E-state index in [1.54, 1.807) is 0 Å². The van der Waals surface area contributed by atoms with Gasteiger partial charge in [0, 0.05) is 19.5 Å². The maximum atomic E-state index is 8.54. The van der Waals surface area contributed by atoms with Crippen molar-refractivity contribution in [3.05, 3.63) is 35.9 Å². The van der Waals surface area contributed by atoms with E-state index in [4.69, 9.17) is 5.11 Å². The molecule has 1 rings (SSSR count). The molecule has 0 amide bonds. The Labute approximate surface area is 67.5 Å². The van der Waals surface area contributed by atoms with Crippen LogP contribution in [0.5, 0.6) is 0 Å². The van der Waals surface area contributed by atoms with Gasteiger partial charge in [-0.1, -0.05) is 30.3 Å². The van der Waals surface area contributed by atoms with Gasteiger partial charge in [0.2, 0.25) is 0 Å². The van der Waals surface area contributed by atoms with Gasteiger partial charge in [0.25, 0.3) is 0 Å². The van der Waals surface area contributed by atoms with Crippen LogP contribution in [0.1, 0.15) is 5.56 Å². The minimum absolute atomic E-state index is 0. The summed E-state index contributed by atoms with van der Waals surface area (Å²) in [7, 11) is 0. The van der Waals surface area contributed by atoms with Crippen molar-refractivity contribution >= 4 is 0 Å². The van der Waals surface area contributed by atoms with Crippen LogP contribution in [-0.2, 0) is 26.1 Å². The molecule has 9 heavy (non-hydrogen) atoms. The van der Waals surface area contributed by atoms with Gasteiger partial charge >= 0.3 is 0 Å². The minimum Gasteiger partial charge on any atom is -0.392 e. The summed E-state index contributed by atoms with van der Waals surface area (Å²) in [6, 6.07) is 9.52. The monoisotopic (exact) mass is 172 g/mol. The molecular formula is C7H8OZn. The molecule has 0 unspecified atom stereocenters. The van der Waals surface area contributed by atoms with Gasteiger partial charge < -0.3 is 5.11 Å². The van der Waals surface area contributed by atoms with E-state index in [9.17, 15) is 0 Å². The van der Waals surface area contributed by atoms with Crippen molar-refractivity contribution in [2.75, 3.05) is 0 Å². The molecule has 0 radical (unpaired) electrons. The van der Waals surface area contributed by atoms with Crippen molar-refractivity contribution < 1.29 is 24.6 Å². The SMILES string of the molecule is OCc1ccccc1.[Zn]. The fourth-order valence-corrected chi connectivity index (χ4v) is 0.583. The van der Waals surface area contributed by atoms with Gasteiger partial charge in [0.1, 0.15) is 0 Å². The van der Waals surface area contributed by atoms with Crippen LogP contribution < -0.4 is 0 Å². The standard InChI is InChI=1S/C7H8O.Zn/c8-6-7-4-2-1-3-5-7;/h1-5,8H,6H2;. The Kier molecular flexibility index (Phi) is 4.56. The van der Waals surface area contributed by atoms with Crippen LogP contribution in [0, 0.1) is 0 Å². The average Bonchev–Trinajstić information content (AvgIpc) is 1.90. The largest absolute Gasteiger partial charge is 0.392 e.